The highest BCUT2D eigenvalue weighted by Gasteiger charge is 2.32. The number of nitrogens with two attached hydrogens (primary N) is 1. The van der Waals surface area contributed by atoms with Crippen LogP contribution in [0.5, 0.6) is 0 Å². The number of hydrogen-bond acceptors (Lipinski definition) is 6. The van der Waals surface area contributed by atoms with Crippen LogP contribution in [0.2, 0.25) is 0 Å². The van der Waals surface area contributed by atoms with Gasteiger partial charge in [0.25, 0.3) is 11.4 Å². The quantitative estimate of drug-likeness (QED) is 0.614. The third-order valence-corrected chi connectivity index (χ3v) is 4.28. The van der Waals surface area contributed by atoms with Crippen molar-refractivity contribution in [2.24, 2.45) is 5.73 Å². The third kappa shape index (κ3) is 4.08. The van der Waals surface area contributed by atoms with Crippen molar-refractivity contribution in [3.8, 4) is 0 Å². The van der Waals surface area contributed by atoms with Gasteiger partial charge in [-0.3, -0.25) is 25.0 Å². The van der Waals surface area contributed by atoms with E-state index in [0.717, 1.165) is 24.3 Å². The number of non-ortho nitro benzene ring substituents is 1. The van der Waals surface area contributed by atoms with E-state index in [0.29, 0.717) is 23.9 Å². The normalized spacial score (nSPS) is 11.2. The van der Waals surface area contributed by atoms with Gasteiger partial charge >= 0.3 is 6.18 Å². The number of nitrogens with zero attached hydrogens (tertiary/aromatic N) is 2. The number of carbonyl (C=O) groups excluding carboxylic acids is 1. The molecule has 0 fully saturated rings. The van der Waals surface area contributed by atoms with Crippen LogP contribution in [-0.4, -0.2) is 15.8 Å². The molecule has 2 N–H and O–H groups in total. The number of amides is 1. The van der Waals surface area contributed by atoms with Crippen LogP contribution in [0, 0.1) is 20.2 Å². The van der Waals surface area contributed by atoms with Gasteiger partial charge in [0.2, 0.25) is 5.91 Å². The third-order valence-electron chi connectivity index (χ3n) is 3.14. The minimum absolute atomic E-state index is 0.0533. The van der Waals surface area contributed by atoms with Crippen molar-refractivity contribution < 1.29 is 27.8 Å². The highest BCUT2D eigenvalue weighted by atomic mass is 32.2. The van der Waals surface area contributed by atoms with Gasteiger partial charge in [0.1, 0.15) is 0 Å². The Balaban J connectivity index is 2.53. The second kappa shape index (κ2) is 7.00. The van der Waals surface area contributed by atoms with Crippen molar-refractivity contribution in [2.45, 2.75) is 16.0 Å². The summed E-state index contributed by atoms with van der Waals surface area (Å²) in [6.45, 7) is 0. The molecule has 2 aromatic carbocycles. The monoisotopic (exact) mass is 387 g/mol. The molecule has 0 atom stereocenters. The van der Waals surface area contributed by atoms with Gasteiger partial charge in [-0.05, 0) is 24.3 Å². The Morgan fingerprint density at radius 1 is 1.00 bits per heavy atom. The standard InChI is InChI=1S/C14H8F3N3O5S/c15-14(16,17)7-1-3-11(9(5-7)13(18)21)26-12-4-2-8(19(22)23)6-10(12)20(24)25/h1-6H,(H2,18,21). The molecule has 1 amide bonds. The van der Waals surface area contributed by atoms with E-state index in [1.165, 1.54) is 0 Å². The van der Waals surface area contributed by atoms with E-state index in [4.69, 9.17) is 5.73 Å². The summed E-state index contributed by atoms with van der Waals surface area (Å²) in [5.74, 6) is -1.15. The topological polar surface area (TPSA) is 129 Å². The lowest BCUT2D eigenvalue weighted by Gasteiger charge is -2.11. The van der Waals surface area contributed by atoms with Crippen molar-refractivity contribution in [2.75, 3.05) is 0 Å². The number of hydrogen-bond donors (Lipinski definition) is 1. The predicted octanol–water partition coefficient (Wildman–Crippen LogP) is 3.77. The molecule has 0 spiro atoms. The summed E-state index contributed by atoms with van der Waals surface area (Å²) in [6, 6.07) is 5.00. The zero-order valence-corrected chi connectivity index (χ0v) is 13.3. The molecule has 0 heterocycles. The molecular weight excluding hydrogens is 379 g/mol. The minimum atomic E-state index is -4.70. The van der Waals surface area contributed by atoms with Crippen LogP contribution in [-0.2, 0) is 6.18 Å². The maximum atomic E-state index is 12.8. The molecule has 2 aromatic rings. The van der Waals surface area contributed by atoms with Gasteiger partial charge in [0.05, 0.1) is 31.9 Å². The number of primary amides is 1. The van der Waals surface area contributed by atoms with E-state index >= 15 is 0 Å². The largest absolute Gasteiger partial charge is 0.416 e. The number of nitro benzene ring substituents is 2. The summed E-state index contributed by atoms with van der Waals surface area (Å²) in [7, 11) is 0. The van der Waals surface area contributed by atoms with Gasteiger partial charge in [-0.25, -0.2) is 0 Å². The molecule has 0 radical (unpaired) electrons. The fraction of sp³-hybridized carbons (Fsp3) is 0.0714. The van der Waals surface area contributed by atoms with Crippen LogP contribution in [0.4, 0.5) is 24.5 Å². The predicted molar refractivity (Wildman–Crippen MR) is 83.8 cm³/mol. The Bertz CT molecular complexity index is 917. The van der Waals surface area contributed by atoms with E-state index in [1.54, 1.807) is 0 Å². The van der Waals surface area contributed by atoms with Crippen LogP contribution >= 0.6 is 11.8 Å². The fourth-order valence-corrected chi connectivity index (χ4v) is 2.97. The second-order valence-electron chi connectivity index (χ2n) is 4.84. The molecular formula is C14H8F3N3O5S. The molecule has 0 aromatic heterocycles. The highest BCUT2D eigenvalue weighted by molar-refractivity contribution is 7.99. The Morgan fingerprint density at radius 3 is 2.12 bits per heavy atom. The second-order valence-corrected chi connectivity index (χ2v) is 5.93. The average Bonchev–Trinajstić information content (AvgIpc) is 2.53. The molecule has 0 saturated carbocycles. The highest BCUT2D eigenvalue weighted by Crippen LogP contribution is 2.40. The first kappa shape index (κ1) is 19.2. The number of nitro groups is 2. The van der Waals surface area contributed by atoms with Crippen LogP contribution < -0.4 is 5.73 Å². The summed E-state index contributed by atoms with van der Waals surface area (Å²) >= 11 is 0.605. The summed E-state index contributed by atoms with van der Waals surface area (Å²) in [5, 5.41) is 21.8. The summed E-state index contributed by atoms with van der Waals surface area (Å²) in [6.07, 6.45) is -4.70. The van der Waals surface area contributed by atoms with E-state index in [9.17, 15) is 38.2 Å². The summed E-state index contributed by atoms with van der Waals surface area (Å²) in [5.41, 5.74) is 2.37. The van der Waals surface area contributed by atoms with Gasteiger partial charge in [0, 0.05) is 11.0 Å². The molecule has 0 bridgehead atoms. The molecule has 0 aliphatic rings. The molecule has 0 aliphatic carbocycles. The lowest BCUT2D eigenvalue weighted by atomic mass is 10.1. The van der Waals surface area contributed by atoms with Crippen LogP contribution in [0.1, 0.15) is 15.9 Å². The van der Waals surface area contributed by atoms with E-state index < -0.39 is 44.4 Å². The zero-order valence-electron chi connectivity index (χ0n) is 12.5. The van der Waals surface area contributed by atoms with Crippen molar-refractivity contribution in [1.82, 2.24) is 0 Å². The smallest absolute Gasteiger partial charge is 0.366 e. The molecule has 136 valence electrons. The lowest BCUT2D eigenvalue weighted by Crippen LogP contribution is -2.14. The van der Waals surface area contributed by atoms with Gasteiger partial charge in [-0.2, -0.15) is 13.2 Å². The van der Waals surface area contributed by atoms with Crippen molar-refractivity contribution in [3.63, 3.8) is 0 Å². The number of halogens is 3. The van der Waals surface area contributed by atoms with E-state index in [1.807, 2.05) is 0 Å². The number of carbonyl (C=O) groups is 1. The molecule has 12 heteroatoms. The fourth-order valence-electron chi connectivity index (χ4n) is 1.95. The van der Waals surface area contributed by atoms with Crippen molar-refractivity contribution in [3.05, 3.63) is 67.8 Å². The average molecular weight is 387 g/mol. The van der Waals surface area contributed by atoms with Crippen LogP contribution in [0.15, 0.2) is 46.2 Å². The molecule has 0 aliphatic heterocycles. The van der Waals surface area contributed by atoms with Crippen LogP contribution in [0.3, 0.4) is 0 Å². The Labute approximate surface area is 147 Å². The SMILES string of the molecule is NC(=O)c1cc(C(F)(F)F)ccc1Sc1ccc([N+](=O)[O-])cc1[N+](=O)[O-]. The first-order chi connectivity index (χ1) is 12.0. The molecule has 2 rings (SSSR count). The van der Waals surface area contributed by atoms with Gasteiger partial charge in [-0.1, -0.05) is 11.8 Å². The van der Waals surface area contributed by atoms with E-state index in [-0.39, 0.29) is 9.79 Å². The molecule has 8 nitrogen and oxygen atoms in total. The first-order valence-corrected chi connectivity index (χ1v) is 7.44. The first-order valence-electron chi connectivity index (χ1n) is 6.62. The Kier molecular flexibility index (Phi) is 5.16. The van der Waals surface area contributed by atoms with Crippen LogP contribution in [0.25, 0.3) is 0 Å². The van der Waals surface area contributed by atoms with Gasteiger partial charge in [0.15, 0.2) is 0 Å². The Hall–Kier alpha value is -3.15. The molecule has 0 unspecified atom stereocenters. The summed E-state index contributed by atoms with van der Waals surface area (Å²) < 4.78 is 38.3. The lowest BCUT2D eigenvalue weighted by molar-refractivity contribution is -0.396. The van der Waals surface area contributed by atoms with Crippen molar-refractivity contribution >= 4 is 29.0 Å². The Morgan fingerprint density at radius 2 is 1.62 bits per heavy atom. The number of benzene rings is 2. The zero-order chi connectivity index (χ0) is 19.6. The maximum Gasteiger partial charge on any atom is 0.416 e. The number of alkyl halides is 3. The summed E-state index contributed by atoms with van der Waals surface area (Å²) in [4.78, 5) is 31.5. The van der Waals surface area contributed by atoms with Gasteiger partial charge in [-0.15, -0.1) is 0 Å². The van der Waals surface area contributed by atoms with E-state index in [2.05, 4.69) is 0 Å². The van der Waals surface area contributed by atoms with Crippen molar-refractivity contribution in [1.29, 1.82) is 0 Å². The number of rotatable bonds is 5. The van der Waals surface area contributed by atoms with Gasteiger partial charge < -0.3 is 5.73 Å². The minimum Gasteiger partial charge on any atom is -0.366 e. The maximum absolute atomic E-state index is 12.8. The molecule has 26 heavy (non-hydrogen) atoms. The molecule has 0 saturated heterocycles.